The van der Waals surface area contributed by atoms with Gasteiger partial charge < -0.3 is 22.1 Å². The number of carboxylic acids is 1. The van der Waals surface area contributed by atoms with E-state index in [9.17, 15) is 24.2 Å². The number of hydrogen-bond donors (Lipinski definition) is 4. The van der Waals surface area contributed by atoms with Crippen molar-refractivity contribution in [2.24, 2.45) is 0 Å². The molecule has 3 aromatic rings. The van der Waals surface area contributed by atoms with Crippen molar-refractivity contribution < 1.29 is 60.3 Å². The number of nitriles is 1. The Kier molecular flexibility index (Phi) is 12.3. The van der Waals surface area contributed by atoms with Gasteiger partial charge in [0.1, 0.15) is 5.82 Å². The van der Waals surface area contributed by atoms with Crippen LogP contribution in [-0.4, -0.2) is 49.2 Å². The summed E-state index contributed by atoms with van der Waals surface area (Å²) in [5.74, 6) is -2.13. The van der Waals surface area contributed by atoms with E-state index in [0.717, 1.165) is 5.56 Å². The smallest absolute Gasteiger partial charge is 1.00 e. The van der Waals surface area contributed by atoms with Gasteiger partial charge in [0.25, 0.3) is 5.91 Å². The van der Waals surface area contributed by atoms with Gasteiger partial charge in [-0.1, -0.05) is 26.0 Å². The number of hydrogen-bond acceptors (Lipinski definition) is 6. The molecule has 1 amide bonds. The Labute approximate surface area is 250 Å². The molecule has 3 rings (SSSR count). The summed E-state index contributed by atoms with van der Waals surface area (Å²) in [6.07, 6.45) is -2.28. The zero-order valence-corrected chi connectivity index (χ0v) is 24.3. The van der Waals surface area contributed by atoms with Gasteiger partial charge in [0, 0.05) is 17.8 Å². The third-order valence-electron chi connectivity index (χ3n) is 6.06. The van der Waals surface area contributed by atoms with E-state index in [0.29, 0.717) is 22.5 Å². The number of carbonyl (C=O) groups is 2. The summed E-state index contributed by atoms with van der Waals surface area (Å²) in [6, 6.07) is 14.6. The molecule has 1 aromatic heterocycles. The second kappa shape index (κ2) is 14.9. The predicted octanol–water partition coefficient (Wildman–Crippen LogP) is 0.572. The molecule has 0 spiro atoms. The van der Waals surface area contributed by atoms with Crippen LogP contribution < -0.4 is 34.9 Å². The number of halogens is 1. The number of aliphatic carboxylic acids is 1. The molecule has 0 aliphatic rings. The van der Waals surface area contributed by atoms with Gasteiger partial charge in [-0.25, -0.2) is 9.07 Å². The van der Waals surface area contributed by atoms with Gasteiger partial charge in [0.2, 0.25) is 0 Å². The van der Waals surface area contributed by atoms with Crippen LogP contribution in [0.5, 0.6) is 0 Å². The summed E-state index contributed by atoms with van der Waals surface area (Å²) in [5.41, 5.74) is 3.27. The van der Waals surface area contributed by atoms with Crippen molar-refractivity contribution >= 4 is 11.9 Å². The molecule has 1 heterocycles. The third-order valence-corrected chi connectivity index (χ3v) is 6.06. The summed E-state index contributed by atoms with van der Waals surface area (Å²) in [4.78, 5) is 24.1. The molecular formula is C28H32FN4NaO5. The van der Waals surface area contributed by atoms with E-state index in [1.165, 1.54) is 24.3 Å². The zero-order valence-electron chi connectivity index (χ0n) is 23.3. The van der Waals surface area contributed by atoms with Crippen LogP contribution in [0.3, 0.4) is 0 Å². The normalized spacial score (nSPS) is 12.3. The minimum absolute atomic E-state index is 0. The molecule has 39 heavy (non-hydrogen) atoms. The average molecular weight is 547 g/mol. The molecule has 2 aromatic carbocycles. The monoisotopic (exact) mass is 546 g/mol. The van der Waals surface area contributed by atoms with Gasteiger partial charge in [-0.05, 0) is 67.1 Å². The second-order valence-corrected chi connectivity index (χ2v) is 9.43. The Balaban J connectivity index is 0.00000400. The molecule has 9 nitrogen and oxygen atoms in total. The molecule has 4 N–H and O–H groups in total. The SMILES string of the molecule is CC(C)c1c(C(=O)NCc2cccc(C#N)c2)nn(-c2ccc(F)cc2)c1CC[C@@H](O)C[C@@H](O)CC(=O)O.[H-].[Na+]. The van der Waals surface area contributed by atoms with E-state index in [1.54, 1.807) is 28.9 Å². The molecule has 0 aliphatic heterocycles. The fraction of sp³-hybridized carbons (Fsp3) is 0.357. The molecule has 2 atom stereocenters. The van der Waals surface area contributed by atoms with Gasteiger partial charge >= 0.3 is 35.5 Å². The van der Waals surface area contributed by atoms with Crippen LogP contribution in [0.15, 0.2) is 48.5 Å². The number of aliphatic hydroxyl groups is 2. The standard InChI is InChI=1S/C28H31FN4O5.Na.H/c1-17(2)26-24(11-10-22(34)13-23(35)14-25(36)37)33(21-8-6-20(29)7-9-21)32-27(26)28(38)31-16-19-5-3-4-18(12-19)15-30;;/h3-9,12,17,22-23,34-35H,10-11,13-14,16H2,1-2H3,(H,31,38)(H,36,37);;/q;+1;-1/t22-,23-;;/m1../s1. The van der Waals surface area contributed by atoms with Crippen molar-refractivity contribution in [1.29, 1.82) is 5.26 Å². The van der Waals surface area contributed by atoms with Crippen LogP contribution in [0.25, 0.3) is 5.69 Å². The maximum Gasteiger partial charge on any atom is 1.00 e. The number of nitrogens with one attached hydrogen (secondary N) is 1. The molecule has 0 aliphatic carbocycles. The fourth-order valence-corrected chi connectivity index (χ4v) is 4.31. The largest absolute Gasteiger partial charge is 1.00 e. The summed E-state index contributed by atoms with van der Waals surface area (Å²) < 4.78 is 15.2. The maximum atomic E-state index is 13.6. The van der Waals surface area contributed by atoms with Crippen molar-refractivity contribution in [3.8, 4) is 11.8 Å². The van der Waals surface area contributed by atoms with E-state index in [4.69, 9.17) is 10.4 Å². The van der Waals surface area contributed by atoms with Crippen LogP contribution in [0.2, 0.25) is 0 Å². The average Bonchev–Trinajstić information content (AvgIpc) is 3.26. The summed E-state index contributed by atoms with van der Waals surface area (Å²) >= 11 is 0. The second-order valence-electron chi connectivity index (χ2n) is 9.43. The minimum atomic E-state index is -1.19. The number of carboxylic acid groups (broad SMARTS) is 1. The molecule has 0 fully saturated rings. The Morgan fingerprint density at radius 1 is 1.15 bits per heavy atom. The van der Waals surface area contributed by atoms with Gasteiger partial charge in [0.05, 0.1) is 35.9 Å². The summed E-state index contributed by atoms with van der Waals surface area (Å²) in [5, 5.41) is 45.7. The van der Waals surface area contributed by atoms with Crippen LogP contribution in [0, 0.1) is 17.1 Å². The van der Waals surface area contributed by atoms with Crippen molar-refractivity contribution in [1.82, 2.24) is 15.1 Å². The molecule has 0 bridgehead atoms. The Hall–Kier alpha value is -3.07. The first-order chi connectivity index (χ1) is 18.1. The first kappa shape index (κ1) is 32.1. The topological polar surface area (TPSA) is 148 Å². The third kappa shape index (κ3) is 8.98. The van der Waals surface area contributed by atoms with E-state index >= 15 is 0 Å². The van der Waals surface area contributed by atoms with Gasteiger partial charge in [-0.15, -0.1) is 0 Å². The Morgan fingerprint density at radius 2 is 1.85 bits per heavy atom. The quantitative estimate of drug-likeness (QED) is 0.243. The minimum Gasteiger partial charge on any atom is -1.00 e. The molecule has 0 radical (unpaired) electrons. The maximum absolute atomic E-state index is 13.6. The number of benzene rings is 2. The van der Waals surface area contributed by atoms with Crippen LogP contribution in [0.1, 0.15) is 73.3 Å². The first-order valence-electron chi connectivity index (χ1n) is 12.3. The van der Waals surface area contributed by atoms with E-state index in [-0.39, 0.29) is 68.4 Å². The number of aliphatic hydroxyl groups excluding tert-OH is 2. The molecule has 0 saturated carbocycles. The molecule has 0 saturated heterocycles. The number of rotatable bonds is 12. The van der Waals surface area contributed by atoms with E-state index in [2.05, 4.69) is 16.5 Å². The first-order valence-corrected chi connectivity index (χ1v) is 12.3. The number of nitrogens with zero attached hydrogens (tertiary/aromatic N) is 3. The fourth-order valence-electron chi connectivity index (χ4n) is 4.31. The Morgan fingerprint density at radius 3 is 2.46 bits per heavy atom. The van der Waals surface area contributed by atoms with Crippen molar-refractivity contribution in [3.05, 3.63) is 82.4 Å². The molecule has 11 heteroatoms. The number of amides is 1. The predicted molar refractivity (Wildman–Crippen MR) is 138 cm³/mol. The van der Waals surface area contributed by atoms with Crippen molar-refractivity contribution in [2.75, 3.05) is 0 Å². The molecular weight excluding hydrogens is 514 g/mol. The zero-order chi connectivity index (χ0) is 27.8. The van der Waals surface area contributed by atoms with E-state index in [1.807, 2.05) is 13.8 Å². The van der Waals surface area contributed by atoms with Crippen molar-refractivity contribution in [3.63, 3.8) is 0 Å². The summed E-state index contributed by atoms with van der Waals surface area (Å²) in [7, 11) is 0. The molecule has 0 unspecified atom stereocenters. The van der Waals surface area contributed by atoms with Crippen LogP contribution >= 0.6 is 0 Å². The Bertz CT molecular complexity index is 1330. The van der Waals surface area contributed by atoms with E-state index < -0.39 is 36.3 Å². The van der Waals surface area contributed by atoms with Gasteiger partial charge in [-0.3, -0.25) is 9.59 Å². The summed E-state index contributed by atoms with van der Waals surface area (Å²) in [6.45, 7) is 4.01. The van der Waals surface area contributed by atoms with Gasteiger partial charge in [-0.2, -0.15) is 10.4 Å². The van der Waals surface area contributed by atoms with Gasteiger partial charge in [0.15, 0.2) is 5.69 Å². The van der Waals surface area contributed by atoms with Crippen LogP contribution in [0.4, 0.5) is 4.39 Å². The van der Waals surface area contributed by atoms with Crippen molar-refractivity contribution in [2.45, 2.75) is 64.2 Å². The van der Waals surface area contributed by atoms with Crippen LogP contribution in [-0.2, 0) is 17.8 Å². The number of carbonyl (C=O) groups excluding carboxylic acids is 1. The number of aromatic nitrogens is 2. The molecule has 202 valence electrons.